The number of hydrogen-bond acceptors (Lipinski definition) is 6. The molecule has 0 saturated heterocycles. The van der Waals surface area contributed by atoms with Crippen molar-refractivity contribution in [2.24, 2.45) is 0 Å². The van der Waals surface area contributed by atoms with Gasteiger partial charge >= 0.3 is 26.4 Å². The molecule has 0 amide bonds. The van der Waals surface area contributed by atoms with E-state index in [-0.39, 0.29) is 0 Å². The van der Waals surface area contributed by atoms with Gasteiger partial charge in [-0.1, -0.05) is 0 Å². The average molecular weight is 347 g/mol. The van der Waals surface area contributed by atoms with Gasteiger partial charge in [0.1, 0.15) is 5.60 Å². The van der Waals surface area contributed by atoms with Crippen molar-refractivity contribution < 1.29 is 47.8 Å². The molecule has 0 unspecified atom stereocenters. The summed E-state index contributed by atoms with van der Waals surface area (Å²) in [5, 5.41) is -3.49. The lowest BCUT2D eigenvalue weighted by molar-refractivity contribution is -0.0320. The summed E-state index contributed by atoms with van der Waals surface area (Å²) in [5.74, 6) is 0. The normalized spacial score (nSPS) is 13.7. The van der Waals surface area contributed by atoms with Gasteiger partial charge < -0.3 is 29.0 Å². The zero-order chi connectivity index (χ0) is 17.1. The quantitative estimate of drug-likeness (QED) is 0.399. The van der Waals surface area contributed by atoms with E-state index in [0.717, 1.165) is 0 Å². The highest BCUT2D eigenvalue weighted by Gasteiger charge is 2.64. The number of carbonyl (C=O) groups excluding carboxylic acids is 2. The SMILES string of the molecule is CC(C)(C)OC(=O)OC(CC[C]=O)(P(=O)(O)O)P(=O)(O)O. The molecule has 0 bridgehead atoms. The third-order valence-corrected chi connectivity index (χ3v) is 6.11. The predicted molar refractivity (Wildman–Crippen MR) is 69.1 cm³/mol. The van der Waals surface area contributed by atoms with Crippen molar-refractivity contribution in [2.75, 3.05) is 0 Å². The van der Waals surface area contributed by atoms with E-state index >= 15 is 0 Å². The first-order valence-electron chi connectivity index (χ1n) is 5.54. The van der Waals surface area contributed by atoms with Gasteiger partial charge in [-0.25, -0.2) is 4.79 Å². The van der Waals surface area contributed by atoms with Crippen LogP contribution < -0.4 is 0 Å². The fraction of sp³-hybridized carbons (Fsp3) is 0.778. The van der Waals surface area contributed by atoms with Crippen LogP contribution in [0, 0.1) is 0 Å². The summed E-state index contributed by atoms with van der Waals surface area (Å²) in [4.78, 5) is 58.5. The fourth-order valence-corrected chi connectivity index (χ4v) is 3.80. The molecular weight excluding hydrogens is 330 g/mol. The Hall–Kier alpha value is -0.760. The van der Waals surface area contributed by atoms with Gasteiger partial charge in [-0.15, -0.1) is 0 Å². The van der Waals surface area contributed by atoms with Gasteiger partial charge in [0.2, 0.25) is 0 Å². The molecule has 0 heterocycles. The van der Waals surface area contributed by atoms with Crippen molar-refractivity contribution in [1.29, 1.82) is 0 Å². The van der Waals surface area contributed by atoms with E-state index in [0.29, 0.717) is 0 Å². The van der Waals surface area contributed by atoms with E-state index in [2.05, 4.69) is 9.47 Å². The van der Waals surface area contributed by atoms with Crippen molar-refractivity contribution in [3.8, 4) is 0 Å². The molecule has 1 radical (unpaired) electrons. The molecular formula is C9H17O10P2. The lowest BCUT2D eigenvalue weighted by Gasteiger charge is -2.33. The molecule has 0 aromatic heterocycles. The molecule has 0 aliphatic carbocycles. The molecule has 12 heteroatoms. The first kappa shape index (κ1) is 20.2. The van der Waals surface area contributed by atoms with Crippen LogP contribution in [-0.4, -0.2) is 42.7 Å². The van der Waals surface area contributed by atoms with E-state index in [1.54, 1.807) is 0 Å². The number of rotatable bonds is 6. The topological polar surface area (TPSA) is 168 Å². The van der Waals surface area contributed by atoms with Gasteiger partial charge in [0.05, 0.1) is 0 Å². The molecule has 0 aliphatic heterocycles. The molecule has 0 aromatic carbocycles. The Balaban J connectivity index is 5.70. The molecule has 0 aliphatic rings. The highest BCUT2D eigenvalue weighted by Crippen LogP contribution is 2.71. The molecule has 123 valence electrons. The molecule has 0 atom stereocenters. The Morgan fingerprint density at radius 2 is 1.48 bits per heavy atom. The highest BCUT2D eigenvalue weighted by atomic mass is 31.2. The van der Waals surface area contributed by atoms with Crippen molar-refractivity contribution in [3.63, 3.8) is 0 Å². The maximum atomic E-state index is 11.5. The van der Waals surface area contributed by atoms with Crippen molar-refractivity contribution >= 4 is 27.6 Å². The maximum absolute atomic E-state index is 11.5. The van der Waals surface area contributed by atoms with Crippen molar-refractivity contribution in [3.05, 3.63) is 0 Å². The summed E-state index contributed by atoms with van der Waals surface area (Å²) in [7, 11) is -11.3. The van der Waals surface area contributed by atoms with Crippen molar-refractivity contribution in [1.82, 2.24) is 0 Å². The summed E-state index contributed by atoms with van der Waals surface area (Å²) >= 11 is 0. The number of hydrogen-bond donors (Lipinski definition) is 4. The Kier molecular flexibility index (Phi) is 6.32. The second-order valence-corrected chi connectivity index (χ2v) is 9.02. The standard InChI is InChI=1S/C9H17O10P2/c1-8(2,3)18-7(11)19-9(5-4-6-10,20(12,13)14)21(15,16)17/h4-5H2,1-3H3,(H2,12,13,14)(H2,15,16,17). The van der Waals surface area contributed by atoms with Crippen molar-refractivity contribution in [2.45, 2.75) is 44.3 Å². The summed E-state index contributed by atoms with van der Waals surface area (Å²) in [6.07, 6.45) is -2.33. The van der Waals surface area contributed by atoms with E-state index in [9.17, 15) is 38.3 Å². The first-order chi connectivity index (χ1) is 9.16. The van der Waals surface area contributed by atoms with Gasteiger partial charge in [0.15, 0.2) is 6.29 Å². The Bertz CT molecular complexity index is 459. The average Bonchev–Trinajstić information content (AvgIpc) is 2.17. The fourth-order valence-electron chi connectivity index (χ4n) is 1.25. The van der Waals surface area contributed by atoms with Gasteiger partial charge in [-0.05, 0) is 20.8 Å². The van der Waals surface area contributed by atoms with Gasteiger partial charge in [-0.2, -0.15) is 0 Å². The third kappa shape index (κ3) is 5.50. The molecule has 0 saturated carbocycles. The van der Waals surface area contributed by atoms with Crippen LogP contribution in [0.25, 0.3) is 0 Å². The van der Waals surface area contributed by atoms with Crippen LogP contribution in [0.1, 0.15) is 33.6 Å². The third-order valence-electron chi connectivity index (χ3n) is 2.10. The van der Waals surface area contributed by atoms with E-state index in [1.807, 2.05) is 0 Å². The zero-order valence-electron chi connectivity index (χ0n) is 11.5. The van der Waals surface area contributed by atoms with Crippen LogP contribution in [-0.2, 0) is 23.4 Å². The molecule has 0 fully saturated rings. The Morgan fingerprint density at radius 3 is 1.76 bits per heavy atom. The molecule has 0 rings (SSSR count). The van der Waals surface area contributed by atoms with Crippen LogP contribution in [0.3, 0.4) is 0 Å². The second-order valence-electron chi connectivity index (χ2n) is 5.04. The molecule has 0 aromatic rings. The molecule has 0 spiro atoms. The summed E-state index contributed by atoms with van der Waals surface area (Å²) in [6, 6.07) is 0. The molecule has 21 heavy (non-hydrogen) atoms. The minimum Gasteiger partial charge on any atom is -0.429 e. The summed E-state index contributed by atoms with van der Waals surface area (Å²) < 4.78 is 31.8. The first-order valence-corrected chi connectivity index (χ1v) is 8.77. The monoisotopic (exact) mass is 347 g/mol. The van der Waals surface area contributed by atoms with Gasteiger partial charge in [0.25, 0.3) is 0 Å². The van der Waals surface area contributed by atoms with Gasteiger partial charge in [0, 0.05) is 12.8 Å². The predicted octanol–water partition coefficient (Wildman–Crippen LogP) is 0.837. The minimum atomic E-state index is -5.64. The lowest BCUT2D eigenvalue weighted by Crippen LogP contribution is -2.37. The van der Waals surface area contributed by atoms with E-state index < -0.39 is 44.9 Å². The van der Waals surface area contributed by atoms with Crippen LogP contribution in [0.5, 0.6) is 0 Å². The number of ether oxygens (including phenoxy) is 2. The van der Waals surface area contributed by atoms with Gasteiger partial charge in [-0.3, -0.25) is 13.9 Å². The largest absolute Gasteiger partial charge is 0.510 e. The van der Waals surface area contributed by atoms with Crippen LogP contribution in [0.15, 0.2) is 0 Å². The number of carbonyl (C=O) groups is 1. The molecule has 4 N–H and O–H groups in total. The Morgan fingerprint density at radius 1 is 1.05 bits per heavy atom. The lowest BCUT2D eigenvalue weighted by atomic mass is 10.2. The Labute approximate surface area is 120 Å². The minimum absolute atomic E-state index is 0.765. The summed E-state index contributed by atoms with van der Waals surface area (Å²) in [5.41, 5.74) is -1.12. The highest BCUT2D eigenvalue weighted by molar-refractivity contribution is 7.72. The van der Waals surface area contributed by atoms with Crippen LogP contribution in [0.2, 0.25) is 0 Å². The summed E-state index contributed by atoms with van der Waals surface area (Å²) in [6.45, 7) is 4.22. The van der Waals surface area contributed by atoms with Crippen LogP contribution in [0.4, 0.5) is 4.79 Å². The van der Waals surface area contributed by atoms with E-state index in [4.69, 9.17) is 0 Å². The van der Waals surface area contributed by atoms with Crippen LogP contribution >= 0.6 is 15.2 Å². The maximum Gasteiger partial charge on any atom is 0.510 e. The zero-order valence-corrected chi connectivity index (χ0v) is 13.3. The molecule has 10 nitrogen and oxygen atoms in total. The second kappa shape index (κ2) is 6.56. The van der Waals surface area contributed by atoms with E-state index in [1.165, 1.54) is 27.1 Å². The smallest absolute Gasteiger partial charge is 0.429 e.